The third-order valence-corrected chi connectivity index (χ3v) is 4.09. The van der Waals surface area contributed by atoms with Crippen molar-refractivity contribution < 1.29 is 4.79 Å². The van der Waals surface area contributed by atoms with E-state index in [1.54, 1.807) is 0 Å². The summed E-state index contributed by atoms with van der Waals surface area (Å²) in [6.45, 7) is 4.47. The fraction of sp³-hybridized carbons (Fsp3) is 0.917. The van der Waals surface area contributed by atoms with Crippen LogP contribution in [0.2, 0.25) is 0 Å². The highest BCUT2D eigenvalue weighted by Gasteiger charge is 2.35. The van der Waals surface area contributed by atoms with Gasteiger partial charge < -0.3 is 15.5 Å². The molecule has 2 rings (SSSR count). The fourth-order valence-corrected chi connectivity index (χ4v) is 2.91. The van der Waals surface area contributed by atoms with E-state index in [2.05, 4.69) is 11.9 Å². The van der Waals surface area contributed by atoms with Gasteiger partial charge in [0, 0.05) is 32.1 Å². The number of hydrogen-bond acceptors (Lipinski definition) is 3. The van der Waals surface area contributed by atoms with Gasteiger partial charge in [0.25, 0.3) is 0 Å². The Morgan fingerprint density at radius 3 is 2.47 bits per heavy atom. The zero-order valence-electron chi connectivity index (χ0n) is 10.6. The van der Waals surface area contributed by atoms with Crippen molar-refractivity contribution in [2.75, 3.05) is 39.8 Å². The van der Waals surface area contributed by atoms with Crippen molar-refractivity contribution in [1.29, 1.82) is 0 Å². The summed E-state index contributed by atoms with van der Waals surface area (Å²) in [7, 11) is 2.11. The zero-order valence-corrected chi connectivity index (χ0v) is 11.4. The first-order valence-corrected chi connectivity index (χ1v) is 6.39. The maximum Gasteiger partial charge on any atom is 0.226 e. The molecule has 1 aliphatic heterocycles. The highest BCUT2D eigenvalue weighted by molar-refractivity contribution is 5.85. The first-order valence-electron chi connectivity index (χ1n) is 6.39. The van der Waals surface area contributed by atoms with Crippen LogP contribution in [-0.4, -0.2) is 55.5 Å². The lowest BCUT2D eigenvalue weighted by atomic mass is 9.94. The van der Waals surface area contributed by atoms with Gasteiger partial charge in [-0.3, -0.25) is 4.79 Å². The summed E-state index contributed by atoms with van der Waals surface area (Å²) in [6, 6.07) is 0. The second kappa shape index (κ2) is 6.57. The first kappa shape index (κ1) is 14.7. The van der Waals surface area contributed by atoms with Gasteiger partial charge >= 0.3 is 0 Å². The predicted octanol–water partition coefficient (Wildman–Crippen LogP) is 0.557. The topological polar surface area (TPSA) is 49.6 Å². The Bertz CT molecular complexity index is 254. The van der Waals surface area contributed by atoms with E-state index in [0.717, 1.165) is 39.0 Å². The second-order valence-corrected chi connectivity index (χ2v) is 5.16. The predicted molar refractivity (Wildman–Crippen MR) is 71.2 cm³/mol. The molecule has 0 unspecified atom stereocenters. The summed E-state index contributed by atoms with van der Waals surface area (Å²) in [5.41, 5.74) is 5.73. The van der Waals surface area contributed by atoms with Crippen LogP contribution in [0.3, 0.4) is 0 Å². The van der Waals surface area contributed by atoms with Gasteiger partial charge in [0.05, 0.1) is 0 Å². The number of nitrogens with zero attached hydrogens (tertiary/aromatic N) is 2. The van der Waals surface area contributed by atoms with Crippen LogP contribution in [0.25, 0.3) is 0 Å². The Labute approximate surface area is 110 Å². The SMILES string of the molecule is CN1CCN(C(=O)[C@@H]2CCC[C@@H]2CN)CC1.Cl. The molecule has 2 atom stereocenters. The lowest BCUT2D eigenvalue weighted by molar-refractivity contribution is -0.138. The molecule has 1 heterocycles. The number of halogens is 1. The maximum atomic E-state index is 12.3. The van der Waals surface area contributed by atoms with Crippen LogP contribution >= 0.6 is 12.4 Å². The van der Waals surface area contributed by atoms with Crippen LogP contribution in [0.5, 0.6) is 0 Å². The second-order valence-electron chi connectivity index (χ2n) is 5.16. The summed E-state index contributed by atoms with van der Waals surface area (Å²) in [6.07, 6.45) is 3.36. The van der Waals surface area contributed by atoms with Gasteiger partial charge in [0.2, 0.25) is 5.91 Å². The Balaban J connectivity index is 0.00000144. The van der Waals surface area contributed by atoms with Gasteiger partial charge in [-0.1, -0.05) is 6.42 Å². The smallest absolute Gasteiger partial charge is 0.226 e. The average molecular weight is 262 g/mol. The molecule has 0 aromatic carbocycles. The van der Waals surface area contributed by atoms with Crippen LogP contribution in [0, 0.1) is 11.8 Å². The Hall–Kier alpha value is -0.320. The van der Waals surface area contributed by atoms with Crippen molar-refractivity contribution in [3.05, 3.63) is 0 Å². The minimum absolute atomic E-state index is 0. The fourth-order valence-electron chi connectivity index (χ4n) is 2.91. The number of likely N-dealkylation sites (N-methyl/N-ethyl adjacent to an activating group) is 1. The normalized spacial score (nSPS) is 30.1. The third kappa shape index (κ3) is 3.33. The zero-order chi connectivity index (χ0) is 11.5. The van der Waals surface area contributed by atoms with E-state index in [9.17, 15) is 4.79 Å². The quantitative estimate of drug-likeness (QED) is 0.790. The molecule has 0 spiro atoms. The van der Waals surface area contributed by atoms with Crippen molar-refractivity contribution in [2.45, 2.75) is 19.3 Å². The lowest BCUT2D eigenvalue weighted by Crippen LogP contribution is -2.49. The number of rotatable bonds is 2. The van der Waals surface area contributed by atoms with Crippen LogP contribution < -0.4 is 5.73 Å². The lowest BCUT2D eigenvalue weighted by Gasteiger charge is -2.35. The van der Waals surface area contributed by atoms with Crippen LogP contribution in [-0.2, 0) is 4.79 Å². The van der Waals surface area contributed by atoms with Crippen molar-refractivity contribution in [1.82, 2.24) is 9.80 Å². The van der Waals surface area contributed by atoms with Gasteiger partial charge in [-0.2, -0.15) is 0 Å². The van der Waals surface area contributed by atoms with Crippen molar-refractivity contribution in [2.24, 2.45) is 17.6 Å². The largest absolute Gasteiger partial charge is 0.340 e. The summed E-state index contributed by atoms with van der Waals surface area (Å²) in [5, 5.41) is 0. The number of hydrogen-bond donors (Lipinski definition) is 1. The standard InChI is InChI=1S/C12H23N3O.ClH/c1-14-5-7-15(8-6-14)12(16)11-4-2-3-10(11)9-13;/h10-11H,2-9,13H2,1H3;1H/t10-,11-;/m1./s1. The summed E-state index contributed by atoms with van der Waals surface area (Å²) in [5.74, 6) is 1.02. The molecule has 1 aliphatic carbocycles. The average Bonchev–Trinajstić information content (AvgIpc) is 2.77. The molecule has 17 heavy (non-hydrogen) atoms. The van der Waals surface area contributed by atoms with Crippen LogP contribution in [0.1, 0.15) is 19.3 Å². The number of piperazine rings is 1. The molecule has 100 valence electrons. The molecule has 5 heteroatoms. The molecular weight excluding hydrogens is 238 g/mol. The van der Waals surface area contributed by atoms with Crippen LogP contribution in [0.4, 0.5) is 0 Å². The molecule has 2 fully saturated rings. The van der Waals surface area contributed by atoms with E-state index in [0.29, 0.717) is 18.4 Å². The Morgan fingerprint density at radius 1 is 1.24 bits per heavy atom. The molecule has 0 radical (unpaired) electrons. The molecule has 1 saturated heterocycles. The number of carbonyl (C=O) groups excluding carboxylic acids is 1. The summed E-state index contributed by atoms with van der Waals surface area (Å²) >= 11 is 0. The Morgan fingerprint density at radius 2 is 1.88 bits per heavy atom. The van der Waals surface area contributed by atoms with Gasteiger partial charge in [-0.15, -0.1) is 12.4 Å². The highest BCUT2D eigenvalue weighted by Crippen LogP contribution is 2.32. The summed E-state index contributed by atoms with van der Waals surface area (Å²) < 4.78 is 0. The number of nitrogens with two attached hydrogens (primary N) is 1. The monoisotopic (exact) mass is 261 g/mol. The first-order chi connectivity index (χ1) is 7.72. The Kier molecular flexibility index (Phi) is 5.70. The van der Waals surface area contributed by atoms with E-state index < -0.39 is 0 Å². The van der Waals surface area contributed by atoms with Crippen molar-refractivity contribution >= 4 is 18.3 Å². The van der Waals surface area contributed by atoms with Crippen molar-refractivity contribution in [3.8, 4) is 0 Å². The van der Waals surface area contributed by atoms with Gasteiger partial charge in [-0.05, 0) is 32.4 Å². The molecule has 1 amide bonds. The van der Waals surface area contributed by atoms with Crippen LogP contribution in [0.15, 0.2) is 0 Å². The van der Waals surface area contributed by atoms with E-state index in [1.165, 1.54) is 6.42 Å². The molecule has 0 aromatic rings. The maximum absolute atomic E-state index is 12.3. The number of amides is 1. The molecule has 1 saturated carbocycles. The minimum Gasteiger partial charge on any atom is -0.340 e. The van der Waals surface area contributed by atoms with E-state index in [1.807, 2.05) is 4.90 Å². The highest BCUT2D eigenvalue weighted by atomic mass is 35.5. The third-order valence-electron chi connectivity index (χ3n) is 4.09. The molecule has 4 nitrogen and oxygen atoms in total. The van der Waals surface area contributed by atoms with Gasteiger partial charge in [0.1, 0.15) is 0 Å². The van der Waals surface area contributed by atoms with E-state index in [4.69, 9.17) is 5.73 Å². The van der Waals surface area contributed by atoms with E-state index >= 15 is 0 Å². The minimum atomic E-state index is 0. The summed E-state index contributed by atoms with van der Waals surface area (Å²) in [4.78, 5) is 16.6. The van der Waals surface area contributed by atoms with Crippen molar-refractivity contribution in [3.63, 3.8) is 0 Å². The molecule has 2 aliphatic rings. The van der Waals surface area contributed by atoms with E-state index in [-0.39, 0.29) is 18.3 Å². The molecule has 2 N–H and O–H groups in total. The van der Waals surface area contributed by atoms with Gasteiger partial charge in [-0.25, -0.2) is 0 Å². The molecular formula is C12H24ClN3O. The number of carbonyl (C=O) groups is 1. The molecule has 0 aromatic heterocycles. The molecule has 0 bridgehead atoms. The van der Waals surface area contributed by atoms with Gasteiger partial charge in [0.15, 0.2) is 0 Å².